The Labute approximate surface area is 211 Å². The van der Waals surface area contributed by atoms with Gasteiger partial charge < -0.3 is 19.3 Å². The largest absolute Gasteiger partial charge is 0.497 e. The van der Waals surface area contributed by atoms with E-state index in [9.17, 15) is 13.2 Å². The van der Waals surface area contributed by atoms with E-state index in [4.69, 9.17) is 9.47 Å². The van der Waals surface area contributed by atoms with Gasteiger partial charge in [-0.2, -0.15) is 4.31 Å². The van der Waals surface area contributed by atoms with E-state index in [-0.39, 0.29) is 30.6 Å². The van der Waals surface area contributed by atoms with E-state index in [0.717, 1.165) is 45.7 Å². The van der Waals surface area contributed by atoms with Gasteiger partial charge in [-0.1, -0.05) is 0 Å². The van der Waals surface area contributed by atoms with Gasteiger partial charge in [0.2, 0.25) is 15.9 Å². The predicted molar refractivity (Wildman–Crippen MR) is 136 cm³/mol. The fraction of sp³-hybridized carbons (Fsp3) is 0.720. The summed E-state index contributed by atoms with van der Waals surface area (Å²) in [6, 6.07) is 4.06. The average molecular weight is 511 g/mol. The summed E-state index contributed by atoms with van der Waals surface area (Å²) in [5, 5.41) is 0. The van der Waals surface area contributed by atoms with Crippen molar-refractivity contribution in [3.63, 3.8) is 0 Å². The Bertz CT molecular complexity index is 940. The van der Waals surface area contributed by atoms with Gasteiger partial charge in [-0.25, -0.2) is 8.42 Å². The van der Waals surface area contributed by atoms with Crippen LogP contribution in [0.2, 0.25) is 0 Å². The van der Waals surface area contributed by atoms with Crippen molar-refractivity contribution in [2.24, 2.45) is 0 Å². The van der Waals surface area contributed by atoms with E-state index in [2.05, 4.69) is 16.8 Å². The van der Waals surface area contributed by atoms with Crippen molar-refractivity contribution in [2.45, 2.75) is 44.0 Å². The number of hydrogen-bond acceptors (Lipinski definition) is 7. The fourth-order valence-electron chi connectivity index (χ4n) is 5.07. The SMILES string of the molecule is COc1cc(C)c(S(=O)(=O)N(C)CCOCC(=O)N2CCCN(C3CCN(C)CC3)CC2)c(C)c1. The van der Waals surface area contributed by atoms with Gasteiger partial charge in [-0.3, -0.25) is 9.69 Å². The molecule has 2 aliphatic heterocycles. The van der Waals surface area contributed by atoms with Gasteiger partial charge in [0.15, 0.2) is 0 Å². The van der Waals surface area contributed by atoms with Crippen LogP contribution in [0.5, 0.6) is 5.75 Å². The van der Waals surface area contributed by atoms with E-state index in [0.29, 0.717) is 22.9 Å². The van der Waals surface area contributed by atoms with E-state index in [1.807, 2.05) is 4.90 Å². The maximum Gasteiger partial charge on any atom is 0.248 e. The Morgan fingerprint density at radius 3 is 2.34 bits per heavy atom. The predicted octanol–water partition coefficient (Wildman–Crippen LogP) is 1.58. The molecule has 0 spiro atoms. The van der Waals surface area contributed by atoms with Gasteiger partial charge in [-0.15, -0.1) is 0 Å². The Hall–Kier alpha value is -1.72. The highest BCUT2D eigenvalue weighted by Crippen LogP contribution is 2.27. The van der Waals surface area contributed by atoms with Crippen LogP contribution >= 0.6 is 0 Å². The zero-order valence-corrected chi connectivity index (χ0v) is 22.8. The number of carbonyl (C=O) groups is 1. The molecular weight excluding hydrogens is 468 g/mol. The van der Waals surface area contributed by atoms with Crippen molar-refractivity contribution in [2.75, 3.05) is 80.2 Å². The molecule has 0 saturated carbocycles. The molecule has 198 valence electrons. The van der Waals surface area contributed by atoms with E-state index in [1.165, 1.54) is 24.2 Å². The molecule has 0 bridgehead atoms. The Balaban J connectivity index is 1.44. The standard InChI is InChI=1S/C25H42N4O5S/c1-20-17-23(33-5)18-21(2)25(20)35(31,32)27(4)15-16-34-19-24(30)29-10-6-9-28(13-14-29)22-7-11-26(3)12-8-22/h17-18,22H,6-16,19H2,1-5H3. The Morgan fingerprint density at radius 1 is 1.06 bits per heavy atom. The second kappa shape index (κ2) is 12.5. The first-order chi connectivity index (χ1) is 16.6. The summed E-state index contributed by atoms with van der Waals surface area (Å²) in [6.07, 6.45) is 3.36. The number of aryl methyl sites for hydroxylation is 2. The molecule has 1 aromatic rings. The third kappa shape index (κ3) is 7.16. The van der Waals surface area contributed by atoms with Crippen molar-refractivity contribution in [1.29, 1.82) is 0 Å². The molecule has 2 saturated heterocycles. The minimum absolute atomic E-state index is 0.0251. The number of benzene rings is 1. The topological polar surface area (TPSA) is 82.6 Å². The summed E-state index contributed by atoms with van der Waals surface area (Å²) in [5.74, 6) is 0.606. The van der Waals surface area contributed by atoms with Crippen LogP contribution in [-0.4, -0.2) is 120 Å². The van der Waals surface area contributed by atoms with Gasteiger partial charge in [0.25, 0.3) is 0 Å². The number of likely N-dealkylation sites (tertiary alicyclic amines) is 1. The molecule has 0 aromatic heterocycles. The van der Waals surface area contributed by atoms with Crippen LogP contribution in [0.3, 0.4) is 0 Å². The zero-order chi connectivity index (χ0) is 25.6. The lowest BCUT2D eigenvalue weighted by Crippen LogP contribution is -2.45. The summed E-state index contributed by atoms with van der Waals surface area (Å²) >= 11 is 0. The molecule has 0 radical (unpaired) electrons. The normalized spacial score (nSPS) is 19.2. The highest BCUT2D eigenvalue weighted by Gasteiger charge is 2.27. The lowest BCUT2D eigenvalue weighted by molar-refractivity contribution is -0.136. The van der Waals surface area contributed by atoms with E-state index >= 15 is 0 Å². The van der Waals surface area contributed by atoms with E-state index in [1.54, 1.807) is 33.1 Å². The Morgan fingerprint density at radius 2 is 1.71 bits per heavy atom. The molecule has 2 fully saturated rings. The summed E-state index contributed by atoms with van der Waals surface area (Å²) in [7, 11) is 1.59. The van der Waals surface area contributed by atoms with Crippen molar-refractivity contribution in [3.05, 3.63) is 23.3 Å². The first-order valence-corrected chi connectivity index (χ1v) is 14.0. The number of hydrogen-bond donors (Lipinski definition) is 0. The van der Waals surface area contributed by atoms with Crippen LogP contribution in [-0.2, 0) is 19.6 Å². The molecule has 10 heteroatoms. The monoisotopic (exact) mass is 510 g/mol. The highest BCUT2D eigenvalue weighted by atomic mass is 32.2. The number of piperidine rings is 1. The van der Waals surface area contributed by atoms with Gasteiger partial charge in [0, 0.05) is 45.8 Å². The number of nitrogens with zero attached hydrogens (tertiary/aromatic N) is 4. The third-order valence-electron chi connectivity index (χ3n) is 7.20. The van der Waals surface area contributed by atoms with Crippen LogP contribution in [0.25, 0.3) is 0 Å². The number of amides is 1. The maximum absolute atomic E-state index is 13.1. The smallest absolute Gasteiger partial charge is 0.248 e. The number of carbonyl (C=O) groups excluding carboxylic acids is 1. The van der Waals surface area contributed by atoms with Crippen LogP contribution < -0.4 is 4.74 Å². The lowest BCUT2D eigenvalue weighted by atomic mass is 10.0. The van der Waals surface area contributed by atoms with Gasteiger partial charge in [-0.05, 0) is 76.5 Å². The van der Waals surface area contributed by atoms with Gasteiger partial charge in [0.05, 0.1) is 18.6 Å². The summed E-state index contributed by atoms with van der Waals surface area (Å²) in [4.78, 5) is 19.8. The first-order valence-electron chi connectivity index (χ1n) is 12.5. The summed E-state index contributed by atoms with van der Waals surface area (Å²) in [5.41, 5.74) is 1.28. The van der Waals surface area contributed by atoms with E-state index < -0.39 is 10.0 Å². The second-order valence-corrected chi connectivity index (χ2v) is 11.8. The van der Waals surface area contributed by atoms with Crippen molar-refractivity contribution in [3.8, 4) is 5.75 Å². The molecule has 1 aromatic carbocycles. The molecule has 2 aliphatic rings. The molecule has 9 nitrogen and oxygen atoms in total. The minimum atomic E-state index is -3.68. The molecule has 2 heterocycles. The van der Waals surface area contributed by atoms with Gasteiger partial charge in [0.1, 0.15) is 12.4 Å². The minimum Gasteiger partial charge on any atom is -0.497 e. The zero-order valence-electron chi connectivity index (χ0n) is 22.0. The second-order valence-electron chi connectivity index (χ2n) is 9.77. The van der Waals surface area contributed by atoms with Crippen LogP contribution in [0.4, 0.5) is 0 Å². The number of ether oxygens (including phenoxy) is 2. The quantitative estimate of drug-likeness (QED) is 0.467. The number of methoxy groups -OCH3 is 1. The summed E-state index contributed by atoms with van der Waals surface area (Å²) < 4.78 is 38.4. The first kappa shape index (κ1) is 27.9. The molecule has 0 N–H and O–H groups in total. The fourth-order valence-corrected chi connectivity index (χ4v) is 6.63. The molecule has 0 aliphatic carbocycles. The van der Waals surface area contributed by atoms with Crippen molar-refractivity contribution >= 4 is 15.9 Å². The molecule has 0 unspecified atom stereocenters. The molecule has 0 atom stereocenters. The van der Waals surface area contributed by atoms with Crippen molar-refractivity contribution in [1.82, 2.24) is 19.0 Å². The highest BCUT2D eigenvalue weighted by molar-refractivity contribution is 7.89. The molecule has 1 amide bonds. The third-order valence-corrected chi connectivity index (χ3v) is 9.36. The molecule has 35 heavy (non-hydrogen) atoms. The summed E-state index contributed by atoms with van der Waals surface area (Å²) in [6.45, 7) is 9.51. The lowest BCUT2D eigenvalue weighted by Gasteiger charge is -2.36. The Kier molecular flexibility index (Phi) is 9.94. The molecule has 3 rings (SSSR count). The van der Waals surface area contributed by atoms with Crippen molar-refractivity contribution < 1.29 is 22.7 Å². The molecular formula is C25H42N4O5S. The average Bonchev–Trinajstić information content (AvgIpc) is 3.07. The number of sulfonamides is 1. The number of rotatable bonds is 9. The van der Waals surface area contributed by atoms with Crippen LogP contribution in [0, 0.1) is 13.8 Å². The number of likely N-dealkylation sites (N-methyl/N-ethyl adjacent to an activating group) is 1. The van der Waals surface area contributed by atoms with Crippen LogP contribution in [0.1, 0.15) is 30.4 Å². The van der Waals surface area contributed by atoms with Crippen LogP contribution in [0.15, 0.2) is 17.0 Å². The van der Waals surface area contributed by atoms with Gasteiger partial charge >= 0.3 is 0 Å². The maximum atomic E-state index is 13.1.